The van der Waals surface area contributed by atoms with E-state index >= 15 is 0 Å². The van der Waals surface area contributed by atoms with Crippen molar-refractivity contribution >= 4 is 5.70 Å². The molecule has 2 rings (SSSR count). The zero-order chi connectivity index (χ0) is 15.8. The topological polar surface area (TPSA) is 39.9 Å². The average Bonchev–Trinajstić information content (AvgIpc) is 3.00. The first-order valence-electron chi connectivity index (χ1n) is 7.79. The van der Waals surface area contributed by atoms with Gasteiger partial charge in [0.2, 0.25) is 0 Å². The normalized spacial score (nSPS) is 12.4. The second-order valence-electron chi connectivity index (χ2n) is 6.46. The van der Waals surface area contributed by atoms with Crippen molar-refractivity contribution in [3.8, 4) is 5.75 Å². The summed E-state index contributed by atoms with van der Waals surface area (Å²) in [5.74, 6) is 0.934. The third kappa shape index (κ3) is 5.72. The van der Waals surface area contributed by atoms with Crippen LogP contribution >= 0.6 is 0 Å². The maximum Gasteiger partial charge on any atom is 0.138 e. The van der Waals surface area contributed by atoms with Gasteiger partial charge in [-0.05, 0) is 36.8 Å². The first kappa shape index (κ1) is 16.3. The van der Waals surface area contributed by atoms with Crippen molar-refractivity contribution in [2.24, 2.45) is 5.41 Å². The van der Waals surface area contributed by atoms with E-state index in [9.17, 15) is 0 Å². The van der Waals surface area contributed by atoms with Crippen LogP contribution < -0.4 is 4.74 Å². The molecule has 0 aliphatic rings. The number of unbranched alkanes of at least 4 members (excludes halogenated alkanes) is 1. The number of allylic oxidation sites excluding steroid dienone is 2. The fourth-order valence-electron chi connectivity index (χ4n) is 2.22. The van der Waals surface area contributed by atoms with Crippen molar-refractivity contribution < 1.29 is 4.74 Å². The lowest BCUT2D eigenvalue weighted by atomic mass is 9.94. The molecule has 2 aromatic rings. The first-order chi connectivity index (χ1) is 10.5. The fraction of sp³-hybridized carbons (Fsp3) is 0.444. The van der Waals surface area contributed by atoms with Gasteiger partial charge in [-0.2, -0.15) is 5.10 Å². The minimum atomic E-state index is 0.127. The van der Waals surface area contributed by atoms with Crippen LogP contribution in [0.5, 0.6) is 5.75 Å². The molecule has 4 nitrogen and oxygen atoms in total. The van der Waals surface area contributed by atoms with Crippen LogP contribution in [0.3, 0.4) is 0 Å². The van der Waals surface area contributed by atoms with Crippen LogP contribution in [-0.4, -0.2) is 21.4 Å². The molecule has 0 aliphatic carbocycles. The van der Waals surface area contributed by atoms with Crippen LogP contribution in [0.2, 0.25) is 0 Å². The minimum absolute atomic E-state index is 0.127. The van der Waals surface area contributed by atoms with E-state index in [1.54, 1.807) is 12.7 Å². The summed E-state index contributed by atoms with van der Waals surface area (Å²) in [5.41, 5.74) is 1.33. The van der Waals surface area contributed by atoms with Gasteiger partial charge in [0.05, 0.1) is 6.61 Å². The summed E-state index contributed by atoms with van der Waals surface area (Å²) in [6.45, 7) is 7.33. The number of ether oxygens (including phenoxy) is 1. The van der Waals surface area contributed by atoms with Crippen LogP contribution in [0.1, 0.15) is 40.0 Å². The monoisotopic (exact) mass is 299 g/mol. The molecule has 0 saturated carbocycles. The van der Waals surface area contributed by atoms with E-state index in [-0.39, 0.29) is 5.41 Å². The van der Waals surface area contributed by atoms with Gasteiger partial charge in [0.15, 0.2) is 0 Å². The highest BCUT2D eigenvalue weighted by molar-refractivity contribution is 5.44. The minimum Gasteiger partial charge on any atom is -0.494 e. The Morgan fingerprint density at radius 3 is 2.59 bits per heavy atom. The Bertz CT molecular complexity index is 568. The van der Waals surface area contributed by atoms with E-state index in [0.29, 0.717) is 0 Å². The summed E-state index contributed by atoms with van der Waals surface area (Å²) >= 11 is 0. The predicted octanol–water partition coefficient (Wildman–Crippen LogP) is 4.41. The lowest BCUT2D eigenvalue weighted by Gasteiger charge is -2.16. The van der Waals surface area contributed by atoms with E-state index in [4.69, 9.17) is 4.74 Å². The van der Waals surface area contributed by atoms with Gasteiger partial charge in [-0.3, -0.25) is 0 Å². The molecule has 1 aromatic carbocycles. The van der Waals surface area contributed by atoms with Gasteiger partial charge in [0.1, 0.15) is 18.4 Å². The van der Waals surface area contributed by atoms with Crippen molar-refractivity contribution in [2.75, 3.05) is 6.61 Å². The third-order valence-electron chi connectivity index (χ3n) is 3.15. The van der Waals surface area contributed by atoms with Crippen molar-refractivity contribution in [3.63, 3.8) is 0 Å². The standard InChI is InChI=1S/C18H25N3O/c1-18(2,3)13-16(21-15-19-14-20-21)9-7-8-12-22-17-10-5-4-6-11-17/h4-6,10-11,13-15H,7-9,12H2,1-3H3/b16-13+. The molecule has 1 aromatic heterocycles. The Hall–Kier alpha value is -2.10. The van der Waals surface area contributed by atoms with Crippen LogP contribution in [-0.2, 0) is 0 Å². The summed E-state index contributed by atoms with van der Waals surface area (Å²) in [6.07, 6.45) is 8.66. The van der Waals surface area contributed by atoms with Crippen LogP contribution in [0.25, 0.3) is 5.70 Å². The van der Waals surface area contributed by atoms with Crippen LogP contribution in [0, 0.1) is 5.41 Å². The molecular weight excluding hydrogens is 274 g/mol. The molecule has 0 N–H and O–H groups in total. The molecule has 1 heterocycles. The fourth-order valence-corrected chi connectivity index (χ4v) is 2.22. The number of aromatic nitrogens is 3. The largest absolute Gasteiger partial charge is 0.494 e. The molecule has 0 radical (unpaired) electrons. The highest BCUT2D eigenvalue weighted by Gasteiger charge is 2.10. The smallest absolute Gasteiger partial charge is 0.138 e. The zero-order valence-corrected chi connectivity index (χ0v) is 13.7. The Balaban J connectivity index is 1.81. The molecule has 0 fully saturated rings. The number of para-hydroxylation sites is 1. The van der Waals surface area contributed by atoms with Gasteiger partial charge < -0.3 is 4.74 Å². The summed E-state index contributed by atoms with van der Waals surface area (Å²) in [6, 6.07) is 9.95. The quantitative estimate of drug-likeness (QED) is 0.711. The Morgan fingerprint density at radius 2 is 1.95 bits per heavy atom. The number of nitrogens with zero attached hydrogens (tertiary/aromatic N) is 3. The molecular formula is C18H25N3O. The highest BCUT2D eigenvalue weighted by atomic mass is 16.5. The Kier molecular flexibility index (Phi) is 5.75. The van der Waals surface area contributed by atoms with Crippen LogP contribution in [0.15, 0.2) is 49.1 Å². The third-order valence-corrected chi connectivity index (χ3v) is 3.15. The van der Waals surface area contributed by atoms with Crippen molar-refractivity contribution in [1.29, 1.82) is 0 Å². The maximum atomic E-state index is 5.73. The predicted molar refractivity (Wildman–Crippen MR) is 89.5 cm³/mol. The number of rotatable bonds is 7. The molecule has 0 spiro atoms. The summed E-state index contributed by atoms with van der Waals surface area (Å²) in [4.78, 5) is 4.04. The van der Waals surface area contributed by atoms with Gasteiger partial charge in [-0.1, -0.05) is 45.0 Å². The summed E-state index contributed by atoms with van der Waals surface area (Å²) in [5, 5.41) is 4.25. The Morgan fingerprint density at radius 1 is 1.18 bits per heavy atom. The molecule has 0 aliphatic heterocycles. The molecule has 0 saturated heterocycles. The van der Waals surface area contributed by atoms with Gasteiger partial charge in [-0.15, -0.1) is 0 Å². The second kappa shape index (κ2) is 7.78. The zero-order valence-electron chi connectivity index (χ0n) is 13.7. The van der Waals surface area contributed by atoms with E-state index in [2.05, 4.69) is 36.9 Å². The molecule has 0 bridgehead atoms. The molecule has 0 unspecified atom stereocenters. The molecule has 0 atom stereocenters. The average molecular weight is 299 g/mol. The van der Waals surface area contributed by atoms with E-state index < -0.39 is 0 Å². The van der Waals surface area contributed by atoms with Crippen molar-refractivity contribution in [1.82, 2.24) is 14.8 Å². The highest BCUT2D eigenvalue weighted by Crippen LogP contribution is 2.23. The number of hydrogen-bond acceptors (Lipinski definition) is 3. The van der Waals surface area contributed by atoms with Gasteiger partial charge in [-0.25, -0.2) is 9.67 Å². The lowest BCUT2D eigenvalue weighted by molar-refractivity contribution is 0.307. The van der Waals surface area contributed by atoms with Gasteiger partial charge >= 0.3 is 0 Å². The van der Waals surface area contributed by atoms with Gasteiger partial charge in [0, 0.05) is 5.70 Å². The maximum absolute atomic E-state index is 5.73. The summed E-state index contributed by atoms with van der Waals surface area (Å²) in [7, 11) is 0. The molecule has 0 amide bonds. The van der Waals surface area contributed by atoms with E-state index in [1.807, 2.05) is 35.0 Å². The Labute approximate surface area is 132 Å². The molecule has 4 heteroatoms. The van der Waals surface area contributed by atoms with Crippen LogP contribution in [0.4, 0.5) is 0 Å². The number of benzene rings is 1. The second-order valence-corrected chi connectivity index (χ2v) is 6.46. The molecule has 118 valence electrons. The first-order valence-corrected chi connectivity index (χ1v) is 7.79. The van der Waals surface area contributed by atoms with E-state index in [0.717, 1.165) is 31.6 Å². The molecule has 22 heavy (non-hydrogen) atoms. The SMILES string of the molecule is CC(C)(C)/C=C(\CCCCOc1ccccc1)n1cncn1. The lowest BCUT2D eigenvalue weighted by Crippen LogP contribution is -2.07. The van der Waals surface area contributed by atoms with Crippen molar-refractivity contribution in [2.45, 2.75) is 40.0 Å². The van der Waals surface area contributed by atoms with E-state index in [1.165, 1.54) is 5.70 Å². The number of hydrogen-bond donors (Lipinski definition) is 0. The summed E-state index contributed by atoms with van der Waals surface area (Å²) < 4.78 is 7.59. The van der Waals surface area contributed by atoms with Gasteiger partial charge in [0.25, 0.3) is 0 Å². The van der Waals surface area contributed by atoms with Crippen molar-refractivity contribution in [3.05, 3.63) is 49.1 Å².